The zero-order chi connectivity index (χ0) is 14.7. The van der Waals surface area contributed by atoms with Gasteiger partial charge >= 0.3 is 0 Å². The number of rotatable bonds is 5. The molecule has 1 amide bonds. The van der Waals surface area contributed by atoms with Crippen molar-refractivity contribution in [2.24, 2.45) is 0 Å². The molecule has 0 unspecified atom stereocenters. The van der Waals surface area contributed by atoms with Crippen LogP contribution in [0.2, 0.25) is 0 Å². The van der Waals surface area contributed by atoms with E-state index in [1.807, 2.05) is 18.2 Å². The lowest BCUT2D eigenvalue weighted by Crippen LogP contribution is -2.51. The second-order valence-electron chi connectivity index (χ2n) is 5.14. The van der Waals surface area contributed by atoms with Gasteiger partial charge in [-0.2, -0.15) is 4.98 Å². The van der Waals surface area contributed by atoms with Crippen molar-refractivity contribution in [1.29, 1.82) is 0 Å². The predicted octanol–water partition coefficient (Wildman–Crippen LogP) is 1.67. The number of benzene rings is 1. The first-order valence-electron chi connectivity index (χ1n) is 6.85. The minimum Gasteiger partial charge on any atom is -0.368 e. The summed E-state index contributed by atoms with van der Waals surface area (Å²) in [5, 5.41) is 10.1. The standard InChI is InChI=1S/C14H17N5OS/c15-12-16-13(19-18-12)21-9-11(20)17-14(7-4-8-14)10-5-2-1-3-6-10/h1-3,5-6H,4,7-9H2,(H,17,20)(H3,15,16,18,19). The zero-order valence-electron chi connectivity index (χ0n) is 11.5. The summed E-state index contributed by atoms with van der Waals surface area (Å²) in [6.07, 6.45) is 3.11. The highest BCUT2D eigenvalue weighted by Crippen LogP contribution is 2.41. The van der Waals surface area contributed by atoms with Crippen LogP contribution in [-0.2, 0) is 10.3 Å². The summed E-state index contributed by atoms with van der Waals surface area (Å²) >= 11 is 1.27. The Morgan fingerprint density at radius 3 is 2.71 bits per heavy atom. The van der Waals surface area contributed by atoms with Crippen molar-refractivity contribution in [2.75, 3.05) is 11.5 Å². The van der Waals surface area contributed by atoms with Gasteiger partial charge in [0.15, 0.2) is 0 Å². The summed E-state index contributed by atoms with van der Waals surface area (Å²) in [5.74, 6) is 0.538. The van der Waals surface area contributed by atoms with Gasteiger partial charge in [0.05, 0.1) is 11.3 Å². The highest BCUT2D eigenvalue weighted by molar-refractivity contribution is 7.99. The maximum absolute atomic E-state index is 12.2. The van der Waals surface area contributed by atoms with E-state index in [9.17, 15) is 4.79 Å². The zero-order valence-corrected chi connectivity index (χ0v) is 12.3. The Labute approximate surface area is 126 Å². The molecule has 21 heavy (non-hydrogen) atoms. The number of carbonyl (C=O) groups is 1. The first-order valence-corrected chi connectivity index (χ1v) is 7.84. The molecule has 0 bridgehead atoms. The molecule has 110 valence electrons. The number of hydrogen-bond acceptors (Lipinski definition) is 5. The SMILES string of the molecule is Nc1nc(SCC(=O)NC2(c3ccccc3)CCC2)n[nH]1. The van der Waals surface area contributed by atoms with Crippen LogP contribution in [0.3, 0.4) is 0 Å². The van der Waals surface area contributed by atoms with Crippen LogP contribution in [0, 0.1) is 0 Å². The number of aromatic nitrogens is 3. The third kappa shape index (κ3) is 3.02. The molecule has 1 heterocycles. The molecule has 1 fully saturated rings. The van der Waals surface area contributed by atoms with E-state index in [4.69, 9.17) is 5.73 Å². The van der Waals surface area contributed by atoms with Crippen molar-refractivity contribution in [2.45, 2.75) is 30.0 Å². The lowest BCUT2D eigenvalue weighted by Gasteiger charge is -2.43. The number of hydrogen-bond donors (Lipinski definition) is 3. The van der Waals surface area contributed by atoms with Crippen molar-refractivity contribution in [3.8, 4) is 0 Å². The van der Waals surface area contributed by atoms with Gasteiger partial charge in [0.2, 0.25) is 17.0 Å². The minimum atomic E-state index is -0.197. The summed E-state index contributed by atoms with van der Waals surface area (Å²) in [6, 6.07) is 10.1. The summed E-state index contributed by atoms with van der Waals surface area (Å²) in [5.41, 5.74) is 6.43. The lowest BCUT2D eigenvalue weighted by molar-refractivity contribution is -0.121. The summed E-state index contributed by atoms with van der Waals surface area (Å²) in [4.78, 5) is 16.1. The fourth-order valence-corrected chi connectivity index (χ4v) is 3.13. The quantitative estimate of drug-likeness (QED) is 0.730. The van der Waals surface area contributed by atoms with Crippen molar-refractivity contribution in [1.82, 2.24) is 20.5 Å². The second-order valence-corrected chi connectivity index (χ2v) is 6.08. The molecule has 7 heteroatoms. The Bertz CT molecular complexity index is 623. The van der Waals surface area contributed by atoms with Gasteiger partial charge in [-0.25, -0.2) is 5.10 Å². The van der Waals surface area contributed by atoms with Gasteiger partial charge < -0.3 is 11.1 Å². The molecule has 1 aliphatic rings. The Hall–Kier alpha value is -2.02. The predicted molar refractivity (Wildman–Crippen MR) is 81.6 cm³/mol. The normalized spacial score (nSPS) is 16.2. The number of amides is 1. The molecule has 4 N–H and O–H groups in total. The fourth-order valence-electron chi connectivity index (χ4n) is 2.53. The molecule has 0 radical (unpaired) electrons. The Morgan fingerprint density at radius 1 is 1.38 bits per heavy atom. The largest absolute Gasteiger partial charge is 0.368 e. The van der Waals surface area contributed by atoms with E-state index in [0.717, 1.165) is 19.3 Å². The second kappa shape index (κ2) is 5.77. The number of nitrogens with two attached hydrogens (primary N) is 1. The van der Waals surface area contributed by atoms with Crippen LogP contribution in [-0.4, -0.2) is 26.8 Å². The van der Waals surface area contributed by atoms with Gasteiger partial charge in [-0.05, 0) is 24.8 Å². The van der Waals surface area contributed by atoms with Crippen molar-refractivity contribution >= 4 is 23.6 Å². The number of nitrogens with one attached hydrogen (secondary N) is 2. The van der Waals surface area contributed by atoms with E-state index >= 15 is 0 Å². The molecular formula is C14H17N5OS. The fraction of sp³-hybridized carbons (Fsp3) is 0.357. The van der Waals surface area contributed by atoms with Gasteiger partial charge in [-0.3, -0.25) is 4.79 Å². The monoisotopic (exact) mass is 303 g/mol. The van der Waals surface area contributed by atoms with E-state index in [0.29, 0.717) is 5.16 Å². The number of nitrogen functional groups attached to an aromatic ring is 1. The first-order chi connectivity index (χ1) is 10.2. The molecule has 6 nitrogen and oxygen atoms in total. The van der Waals surface area contributed by atoms with Crippen molar-refractivity contribution in [3.63, 3.8) is 0 Å². The first kappa shape index (κ1) is 13.9. The topological polar surface area (TPSA) is 96.7 Å². The molecule has 1 saturated carbocycles. The van der Waals surface area contributed by atoms with Gasteiger partial charge in [-0.15, -0.1) is 5.10 Å². The molecule has 0 saturated heterocycles. The lowest BCUT2D eigenvalue weighted by atomic mass is 9.72. The molecule has 3 rings (SSSR count). The Balaban J connectivity index is 1.60. The maximum Gasteiger partial charge on any atom is 0.231 e. The van der Waals surface area contributed by atoms with Gasteiger partial charge in [0.25, 0.3) is 0 Å². The van der Waals surface area contributed by atoms with Gasteiger partial charge in [0.1, 0.15) is 0 Å². The van der Waals surface area contributed by atoms with E-state index in [-0.39, 0.29) is 23.1 Å². The third-order valence-corrected chi connectivity index (χ3v) is 4.57. The van der Waals surface area contributed by atoms with E-state index in [1.54, 1.807) is 0 Å². The molecule has 1 aliphatic carbocycles. The van der Waals surface area contributed by atoms with E-state index in [1.165, 1.54) is 17.3 Å². The highest BCUT2D eigenvalue weighted by Gasteiger charge is 2.39. The molecule has 1 aromatic carbocycles. The molecule has 1 aromatic heterocycles. The van der Waals surface area contributed by atoms with Crippen LogP contribution in [0.5, 0.6) is 0 Å². The van der Waals surface area contributed by atoms with Crippen LogP contribution in [0.25, 0.3) is 0 Å². The Morgan fingerprint density at radius 2 is 2.14 bits per heavy atom. The summed E-state index contributed by atoms with van der Waals surface area (Å²) in [6.45, 7) is 0. The molecule has 0 spiro atoms. The number of aromatic amines is 1. The smallest absolute Gasteiger partial charge is 0.231 e. The molecular weight excluding hydrogens is 286 g/mol. The van der Waals surface area contributed by atoms with Gasteiger partial charge in [-0.1, -0.05) is 42.1 Å². The van der Waals surface area contributed by atoms with Gasteiger partial charge in [0, 0.05) is 0 Å². The number of anilines is 1. The van der Waals surface area contributed by atoms with Crippen molar-refractivity contribution < 1.29 is 4.79 Å². The van der Waals surface area contributed by atoms with E-state index in [2.05, 4.69) is 32.6 Å². The number of H-pyrrole nitrogens is 1. The molecule has 2 aromatic rings. The van der Waals surface area contributed by atoms with Crippen LogP contribution >= 0.6 is 11.8 Å². The number of thioether (sulfide) groups is 1. The summed E-state index contributed by atoms with van der Waals surface area (Å²) in [7, 11) is 0. The average molecular weight is 303 g/mol. The summed E-state index contributed by atoms with van der Waals surface area (Å²) < 4.78 is 0. The van der Waals surface area contributed by atoms with Crippen LogP contribution in [0.4, 0.5) is 5.95 Å². The average Bonchev–Trinajstić information content (AvgIpc) is 2.87. The minimum absolute atomic E-state index is 0.00748. The third-order valence-electron chi connectivity index (χ3n) is 3.73. The number of carbonyl (C=O) groups excluding carboxylic acids is 1. The van der Waals surface area contributed by atoms with Crippen molar-refractivity contribution in [3.05, 3.63) is 35.9 Å². The molecule has 0 aliphatic heterocycles. The van der Waals surface area contributed by atoms with Crippen LogP contribution < -0.4 is 11.1 Å². The maximum atomic E-state index is 12.2. The van der Waals surface area contributed by atoms with Crippen LogP contribution in [0.1, 0.15) is 24.8 Å². The number of nitrogens with zero attached hydrogens (tertiary/aromatic N) is 2. The molecule has 0 atom stereocenters. The van der Waals surface area contributed by atoms with Crippen LogP contribution in [0.15, 0.2) is 35.5 Å². The highest BCUT2D eigenvalue weighted by atomic mass is 32.2. The Kier molecular flexibility index (Phi) is 3.83. The van der Waals surface area contributed by atoms with E-state index < -0.39 is 0 Å².